The highest BCUT2D eigenvalue weighted by Gasteiger charge is 2.24. The third-order valence-corrected chi connectivity index (χ3v) is 7.21. The van der Waals surface area contributed by atoms with Crippen molar-refractivity contribution in [2.24, 2.45) is 0 Å². The summed E-state index contributed by atoms with van der Waals surface area (Å²) in [6.45, 7) is 1.61. The lowest BCUT2D eigenvalue weighted by Crippen LogP contribution is -2.14. The summed E-state index contributed by atoms with van der Waals surface area (Å²) in [6, 6.07) is 28.2. The van der Waals surface area contributed by atoms with Gasteiger partial charge >= 0.3 is 5.97 Å². The molecule has 0 aliphatic carbocycles. The number of benzene rings is 4. The van der Waals surface area contributed by atoms with E-state index in [2.05, 4.69) is 22.6 Å². The predicted octanol–water partition coefficient (Wildman–Crippen LogP) is 6.70. The van der Waals surface area contributed by atoms with Gasteiger partial charge in [0.15, 0.2) is 36.1 Å². The number of halogens is 1. The van der Waals surface area contributed by atoms with Crippen LogP contribution in [0.5, 0.6) is 23.0 Å². The van der Waals surface area contributed by atoms with E-state index >= 15 is 0 Å². The number of methoxy groups -OCH3 is 1. The third-order valence-electron chi connectivity index (χ3n) is 6.14. The van der Waals surface area contributed by atoms with Gasteiger partial charge in [0.1, 0.15) is 13.2 Å². The first-order chi connectivity index (χ1) is 20.1. The standard InChI is InChI=1S/C32H29IO8/c1-35-21-40-30-27(39-20-23-10-6-3-7-11-23)15-13-25(29(30)33)31(34)41-28-18-24(32-36-16-17-37-32)12-14-26(28)38-19-22-8-4-2-5-9-22/h2-15,18,32H,16-17,19-21H2,1H3. The first-order valence-corrected chi connectivity index (χ1v) is 14.1. The highest BCUT2D eigenvalue weighted by molar-refractivity contribution is 14.1. The Morgan fingerprint density at radius 3 is 2.02 bits per heavy atom. The van der Waals surface area contributed by atoms with Crippen molar-refractivity contribution < 1.29 is 38.0 Å². The maximum absolute atomic E-state index is 13.5. The molecule has 1 aliphatic heterocycles. The Morgan fingerprint density at radius 1 is 0.780 bits per heavy atom. The zero-order chi connectivity index (χ0) is 28.4. The molecular formula is C32H29IO8. The van der Waals surface area contributed by atoms with E-state index in [1.807, 2.05) is 66.7 Å². The Kier molecular flexibility index (Phi) is 10.1. The van der Waals surface area contributed by atoms with E-state index in [0.717, 1.165) is 16.7 Å². The van der Waals surface area contributed by atoms with Crippen LogP contribution in [0.15, 0.2) is 91.0 Å². The van der Waals surface area contributed by atoms with Gasteiger partial charge in [0.05, 0.1) is 22.3 Å². The van der Waals surface area contributed by atoms with Crippen LogP contribution in [0.2, 0.25) is 0 Å². The molecule has 0 saturated carbocycles. The van der Waals surface area contributed by atoms with E-state index in [9.17, 15) is 4.79 Å². The Bertz CT molecular complexity index is 1440. The molecule has 0 bridgehead atoms. The molecule has 0 amide bonds. The van der Waals surface area contributed by atoms with Crippen LogP contribution in [0.1, 0.15) is 33.3 Å². The molecule has 41 heavy (non-hydrogen) atoms. The average molecular weight is 668 g/mol. The number of carbonyl (C=O) groups is 1. The van der Waals surface area contributed by atoms with E-state index in [1.54, 1.807) is 24.3 Å². The van der Waals surface area contributed by atoms with Crippen molar-refractivity contribution in [2.45, 2.75) is 19.5 Å². The summed E-state index contributed by atoms with van der Waals surface area (Å²) in [5.41, 5.74) is 3.01. The summed E-state index contributed by atoms with van der Waals surface area (Å²) < 4.78 is 40.8. The van der Waals surface area contributed by atoms with Crippen molar-refractivity contribution in [1.82, 2.24) is 0 Å². The molecule has 4 aromatic rings. The molecule has 1 fully saturated rings. The minimum Gasteiger partial charge on any atom is -0.485 e. The summed E-state index contributed by atoms with van der Waals surface area (Å²) in [6.07, 6.45) is -0.536. The number of esters is 1. The van der Waals surface area contributed by atoms with Gasteiger partial charge in [-0.1, -0.05) is 66.7 Å². The fraction of sp³-hybridized carbons (Fsp3) is 0.219. The van der Waals surface area contributed by atoms with Gasteiger partial charge in [-0.25, -0.2) is 4.79 Å². The molecule has 0 aromatic heterocycles. The van der Waals surface area contributed by atoms with Crippen molar-refractivity contribution in [2.75, 3.05) is 27.1 Å². The van der Waals surface area contributed by atoms with Crippen LogP contribution in [-0.2, 0) is 27.4 Å². The van der Waals surface area contributed by atoms with Crippen molar-refractivity contribution in [1.29, 1.82) is 0 Å². The predicted molar refractivity (Wildman–Crippen MR) is 159 cm³/mol. The Morgan fingerprint density at radius 2 is 1.39 bits per heavy atom. The second-order valence-electron chi connectivity index (χ2n) is 9.02. The Hall–Kier alpha value is -3.64. The van der Waals surface area contributed by atoms with Crippen LogP contribution in [0.25, 0.3) is 0 Å². The van der Waals surface area contributed by atoms with Crippen molar-refractivity contribution in [3.63, 3.8) is 0 Å². The molecule has 0 radical (unpaired) electrons. The zero-order valence-corrected chi connectivity index (χ0v) is 24.6. The second-order valence-corrected chi connectivity index (χ2v) is 10.1. The van der Waals surface area contributed by atoms with E-state index < -0.39 is 12.3 Å². The fourth-order valence-corrected chi connectivity index (χ4v) is 4.93. The summed E-state index contributed by atoms with van der Waals surface area (Å²) in [7, 11) is 1.53. The molecule has 0 N–H and O–H groups in total. The van der Waals surface area contributed by atoms with Crippen molar-refractivity contribution in [3.05, 3.63) is 117 Å². The fourth-order valence-electron chi connectivity index (χ4n) is 4.11. The highest BCUT2D eigenvalue weighted by atomic mass is 127. The van der Waals surface area contributed by atoms with Gasteiger partial charge < -0.3 is 33.2 Å². The topological polar surface area (TPSA) is 81.7 Å². The smallest absolute Gasteiger partial charge is 0.344 e. The molecule has 5 rings (SSSR count). The number of hydrogen-bond acceptors (Lipinski definition) is 8. The molecule has 4 aromatic carbocycles. The summed E-state index contributed by atoms with van der Waals surface area (Å²) >= 11 is 2.06. The van der Waals surface area contributed by atoms with Gasteiger partial charge in [-0.05, 0) is 58.0 Å². The van der Waals surface area contributed by atoms with E-state index in [1.165, 1.54) is 7.11 Å². The SMILES string of the molecule is COCOc1c(OCc2ccccc2)ccc(C(=O)Oc2cc(C3OCCO3)ccc2OCc2ccccc2)c1I. The van der Waals surface area contributed by atoms with Crippen LogP contribution in [0, 0.1) is 3.57 Å². The van der Waals surface area contributed by atoms with Crippen LogP contribution < -0.4 is 18.9 Å². The number of rotatable bonds is 12. The molecule has 212 valence electrons. The number of hydrogen-bond donors (Lipinski definition) is 0. The minimum absolute atomic E-state index is 0.0168. The summed E-state index contributed by atoms with van der Waals surface area (Å²) in [5, 5.41) is 0. The molecule has 1 heterocycles. The van der Waals surface area contributed by atoms with E-state index in [-0.39, 0.29) is 12.5 Å². The van der Waals surface area contributed by atoms with Gasteiger partial charge in [-0.2, -0.15) is 0 Å². The van der Waals surface area contributed by atoms with Gasteiger partial charge in [-0.15, -0.1) is 0 Å². The summed E-state index contributed by atoms with van der Waals surface area (Å²) in [4.78, 5) is 13.5. The molecule has 9 heteroatoms. The third kappa shape index (κ3) is 7.56. The molecular weight excluding hydrogens is 639 g/mol. The summed E-state index contributed by atoms with van der Waals surface area (Å²) in [5.74, 6) is 0.956. The van der Waals surface area contributed by atoms with Crippen LogP contribution in [-0.4, -0.2) is 33.1 Å². The first kappa shape index (κ1) is 28.9. The Balaban J connectivity index is 1.39. The Labute approximate surface area is 252 Å². The lowest BCUT2D eigenvalue weighted by molar-refractivity contribution is -0.0442. The maximum Gasteiger partial charge on any atom is 0.344 e. The molecule has 1 saturated heterocycles. The minimum atomic E-state index is -0.582. The zero-order valence-electron chi connectivity index (χ0n) is 22.4. The lowest BCUT2D eigenvalue weighted by Gasteiger charge is -2.18. The van der Waals surface area contributed by atoms with Crippen LogP contribution in [0.4, 0.5) is 0 Å². The van der Waals surface area contributed by atoms with Gasteiger partial charge in [0.2, 0.25) is 0 Å². The maximum atomic E-state index is 13.5. The van der Waals surface area contributed by atoms with Crippen LogP contribution in [0.3, 0.4) is 0 Å². The molecule has 8 nitrogen and oxygen atoms in total. The largest absolute Gasteiger partial charge is 0.485 e. The van der Waals surface area contributed by atoms with Gasteiger partial charge in [0, 0.05) is 12.7 Å². The first-order valence-electron chi connectivity index (χ1n) is 13.0. The van der Waals surface area contributed by atoms with Gasteiger partial charge in [-0.3, -0.25) is 0 Å². The molecule has 0 spiro atoms. The van der Waals surface area contributed by atoms with Crippen molar-refractivity contribution in [3.8, 4) is 23.0 Å². The van der Waals surface area contributed by atoms with Crippen LogP contribution >= 0.6 is 22.6 Å². The average Bonchev–Trinajstić information content (AvgIpc) is 3.55. The quantitative estimate of drug-likeness (QED) is 0.0715. The number of ether oxygens (including phenoxy) is 7. The van der Waals surface area contributed by atoms with E-state index in [0.29, 0.717) is 52.8 Å². The highest BCUT2D eigenvalue weighted by Crippen LogP contribution is 2.38. The van der Waals surface area contributed by atoms with Crippen molar-refractivity contribution >= 4 is 28.6 Å². The molecule has 0 unspecified atom stereocenters. The van der Waals surface area contributed by atoms with Gasteiger partial charge in [0.25, 0.3) is 0 Å². The molecule has 0 atom stereocenters. The normalized spacial score (nSPS) is 13.1. The molecule has 1 aliphatic rings. The lowest BCUT2D eigenvalue weighted by atomic mass is 10.1. The number of carbonyl (C=O) groups excluding carboxylic acids is 1. The second kappa shape index (κ2) is 14.3. The van der Waals surface area contributed by atoms with E-state index in [4.69, 9.17) is 33.2 Å². The monoisotopic (exact) mass is 668 g/mol.